The SMILES string of the molecule is CCOC(=O)C1=C(COCCN2CCN(CC(=O)Nc3c(C)cccc3C)CC2)NC(C)=C(C(=O)OC)C1c1ccccc1Cl. The van der Waals surface area contributed by atoms with E-state index in [0.717, 1.165) is 43.0 Å². The number of nitrogens with zero attached hydrogens (tertiary/aromatic N) is 2. The molecule has 0 radical (unpaired) electrons. The van der Waals surface area contributed by atoms with E-state index in [9.17, 15) is 14.4 Å². The summed E-state index contributed by atoms with van der Waals surface area (Å²) in [6, 6.07) is 13.1. The summed E-state index contributed by atoms with van der Waals surface area (Å²) in [6.07, 6.45) is 0. The van der Waals surface area contributed by atoms with Crippen molar-refractivity contribution >= 4 is 35.1 Å². The Hall–Kier alpha value is -3.70. The zero-order valence-corrected chi connectivity index (χ0v) is 27.5. The maximum absolute atomic E-state index is 13.4. The van der Waals surface area contributed by atoms with E-state index >= 15 is 0 Å². The number of methoxy groups -OCH3 is 1. The van der Waals surface area contributed by atoms with Gasteiger partial charge in [0, 0.05) is 49.1 Å². The van der Waals surface area contributed by atoms with Gasteiger partial charge in [0.05, 0.1) is 56.2 Å². The third kappa shape index (κ3) is 8.52. The highest BCUT2D eigenvalue weighted by atomic mass is 35.5. The molecule has 2 aliphatic heterocycles. The Morgan fingerprint density at radius 2 is 1.60 bits per heavy atom. The molecule has 1 fully saturated rings. The Labute approximate surface area is 270 Å². The van der Waals surface area contributed by atoms with Crippen LogP contribution in [0.3, 0.4) is 0 Å². The average molecular weight is 639 g/mol. The van der Waals surface area contributed by atoms with Crippen molar-refractivity contribution in [2.45, 2.75) is 33.6 Å². The quantitative estimate of drug-likeness (QED) is 0.261. The lowest BCUT2D eigenvalue weighted by atomic mass is 9.80. The van der Waals surface area contributed by atoms with Crippen molar-refractivity contribution < 1.29 is 28.6 Å². The summed E-state index contributed by atoms with van der Waals surface area (Å²) in [5, 5.41) is 6.69. The number of hydrogen-bond donors (Lipinski definition) is 2. The largest absolute Gasteiger partial charge is 0.466 e. The van der Waals surface area contributed by atoms with Gasteiger partial charge in [-0.1, -0.05) is 48.0 Å². The van der Waals surface area contributed by atoms with Gasteiger partial charge in [0.15, 0.2) is 0 Å². The number of ether oxygens (including phenoxy) is 3. The lowest BCUT2D eigenvalue weighted by Crippen LogP contribution is -2.49. The van der Waals surface area contributed by atoms with E-state index < -0.39 is 17.9 Å². The molecule has 11 heteroatoms. The molecular weight excluding hydrogens is 596 g/mol. The Balaban J connectivity index is 1.36. The second-order valence-electron chi connectivity index (χ2n) is 11.2. The second-order valence-corrected chi connectivity index (χ2v) is 11.6. The van der Waals surface area contributed by atoms with Crippen LogP contribution in [0.15, 0.2) is 65.0 Å². The highest BCUT2D eigenvalue weighted by Crippen LogP contribution is 2.41. The summed E-state index contributed by atoms with van der Waals surface area (Å²) in [5.74, 6) is -1.91. The highest BCUT2D eigenvalue weighted by Gasteiger charge is 2.39. The van der Waals surface area contributed by atoms with E-state index in [4.69, 9.17) is 25.8 Å². The molecule has 0 aromatic heterocycles. The van der Waals surface area contributed by atoms with Crippen molar-refractivity contribution in [2.75, 3.05) is 71.5 Å². The summed E-state index contributed by atoms with van der Waals surface area (Å²) in [5.41, 5.74) is 5.22. The summed E-state index contributed by atoms with van der Waals surface area (Å²) in [4.78, 5) is 43.4. The molecule has 0 aliphatic carbocycles. The zero-order chi connectivity index (χ0) is 32.5. The van der Waals surface area contributed by atoms with Crippen LogP contribution in [0.1, 0.15) is 36.5 Å². The molecule has 2 N–H and O–H groups in total. The van der Waals surface area contributed by atoms with Gasteiger partial charge >= 0.3 is 11.9 Å². The molecule has 0 spiro atoms. The summed E-state index contributed by atoms with van der Waals surface area (Å²) in [7, 11) is 1.31. The number of halogens is 1. The number of amides is 1. The molecule has 1 amide bonds. The van der Waals surface area contributed by atoms with Crippen LogP contribution in [-0.2, 0) is 28.6 Å². The minimum atomic E-state index is -0.787. The number of para-hydroxylation sites is 1. The summed E-state index contributed by atoms with van der Waals surface area (Å²) < 4.78 is 16.6. The van der Waals surface area contributed by atoms with Gasteiger partial charge in [0.2, 0.25) is 5.91 Å². The maximum Gasteiger partial charge on any atom is 0.336 e. The second kappa shape index (κ2) is 16.0. The molecular formula is C34H43ClN4O6. The number of dihydropyridines is 1. The predicted molar refractivity (Wildman–Crippen MR) is 174 cm³/mol. The first kappa shape index (κ1) is 34.2. The first-order valence-electron chi connectivity index (χ1n) is 15.2. The summed E-state index contributed by atoms with van der Waals surface area (Å²) >= 11 is 6.58. The highest BCUT2D eigenvalue weighted by molar-refractivity contribution is 6.31. The molecule has 0 saturated carbocycles. The van der Waals surface area contributed by atoms with E-state index in [0.29, 0.717) is 41.7 Å². The fourth-order valence-corrected chi connectivity index (χ4v) is 6.04. The van der Waals surface area contributed by atoms with Gasteiger partial charge in [-0.25, -0.2) is 9.59 Å². The predicted octanol–water partition coefficient (Wildman–Crippen LogP) is 4.18. The van der Waals surface area contributed by atoms with Crippen molar-refractivity contribution in [3.8, 4) is 0 Å². The number of hydrogen-bond acceptors (Lipinski definition) is 9. The Morgan fingerprint density at radius 1 is 0.933 bits per heavy atom. The maximum atomic E-state index is 13.4. The number of benzene rings is 2. The normalized spacial score (nSPS) is 17.6. The number of piperazine rings is 1. The molecule has 242 valence electrons. The van der Waals surface area contributed by atoms with Gasteiger partial charge in [-0.15, -0.1) is 0 Å². The minimum Gasteiger partial charge on any atom is -0.466 e. The van der Waals surface area contributed by atoms with E-state index in [-0.39, 0.29) is 30.3 Å². The fraction of sp³-hybridized carbons (Fsp3) is 0.441. The molecule has 2 aromatic rings. The number of carbonyl (C=O) groups is 3. The van der Waals surface area contributed by atoms with E-state index in [1.165, 1.54) is 7.11 Å². The molecule has 2 aliphatic rings. The number of allylic oxidation sites excluding steroid dienone is 1. The monoisotopic (exact) mass is 638 g/mol. The average Bonchev–Trinajstić information content (AvgIpc) is 3.01. The van der Waals surface area contributed by atoms with Gasteiger partial charge in [0.1, 0.15) is 0 Å². The lowest BCUT2D eigenvalue weighted by molar-refractivity contribution is -0.139. The van der Waals surface area contributed by atoms with Crippen molar-refractivity contribution in [3.05, 3.63) is 86.7 Å². The van der Waals surface area contributed by atoms with Crippen LogP contribution >= 0.6 is 11.6 Å². The molecule has 1 unspecified atom stereocenters. The van der Waals surface area contributed by atoms with E-state index in [1.807, 2.05) is 38.1 Å². The molecule has 0 bridgehead atoms. The van der Waals surface area contributed by atoms with Crippen molar-refractivity contribution in [3.63, 3.8) is 0 Å². The number of esters is 2. The molecule has 2 heterocycles. The zero-order valence-electron chi connectivity index (χ0n) is 26.7. The third-order valence-corrected chi connectivity index (χ3v) is 8.48. The molecule has 2 aromatic carbocycles. The molecule has 1 atom stereocenters. The van der Waals surface area contributed by atoms with Crippen LogP contribution in [0.25, 0.3) is 0 Å². The fourth-order valence-electron chi connectivity index (χ4n) is 5.79. The molecule has 1 saturated heterocycles. The Kier molecular flexibility index (Phi) is 12.2. The van der Waals surface area contributed by atoms with E-state index in [1.54, 1.807) is 32.0 Å². The smallest absolute Gasteiger partial charge is 0.336 e. The van der Waals surface area contributed by atoms with Crippen LogP contribution in [0, 0.1) is 13.8 Å². The van der Waals surface area contributed by atoms with Gasteiger partial charge in [-0.2, -0.15) is 0 Å². The van der Waals surface area contributed by atoms with Gasteiger partial charge < -0.3 is 24.8 Å². The van der Waals surface area contributed by atoms with Crippen molar-refractivity contribution in [1.29, 1.82) is 0 Å². The van der Waals surface area contributed by atoms with Crippen molar-refractivity contribution in [2.24, 2.45) is 0 Å². The number of nitrogens with one attached hydrogen (secondary N) is 2. The van der Waals surface area contributed by atoms with Crippen LogP contribution in [-0.4, -0.2) is 93.8 Å². The van der Waals surface area contributed by atoms with E-state index in [2.05, 4.69) is 20.4 Å². The third-order valence-electron chi connectivity index (χ3n) is 8.14. The lowest BCUT2D eigenvalue weighted by Gasteiger charge is -2.34. The van der Waals surface area contributed by atoms with Gasteiger partial charge in [-0.3, -0.25) is 14.6 Å². The standard InChI is InChI=1S/C34H43ClN4O6/c1-6-45-34(42)31-27(36-24(4)29(33(41)43-5)30(31)25-12-7-8-13-26(25)35)21-44-19-18-38-14-16-39(17-15-38)20-28(40)37-32-22(2)10-9-11-23(32)3/h7-13,30,36H,6,14-21H2,1-5H3,(H,37,40). The number of carbonyl (C=O) groups excluding carboxylic acids is 3. The number of anilines is 1. The van der Waals surface area contributed by atoms with Crippen molar-refractivity contribution in [1.82, 2.24) is 15.1 Å². The van der Waals surface area contributed by atoms with Crippen LogP contribution < -0.4 is 10.6 Å². The Bertz CT molecular complexity index is 1440. The van der Waals surface area contributed by atoms with Crippen LogP contribution in [0.2, 0.25) is 5.02 Å². The van der Waals surface area contributed by atoms with Gasteiger partial charge in [0.25, 0.3) is 0 Å². The summed E-state index contributed by atoms with van der Waals surface area (Å²) in [6.45, 7) is 12.4. The van der Waals surface area contributed by atoms with Crippen LogP contribution in [0.4, 0.5) is 5.69 Å². The minimum absolute atomic E-state index is 0.00959. The first-order chi connectivity index (χ1) is 21.6. The number of rotatable bonds is 12. The van der Waals surface area contributed by atoms with Gasteiger partial charge in [-0.05, 0) is 50.5 Å². The first-order valence-corrected chi connectivity index (χ1v) is 15.6. The Morgan fingerprint density at radius 3 is 2.24 bits per heavy atom. The molecule has 45 heavy (non-hydrogen) atoms. The number of aryl methyl sites for hydroxylation is 2. The molecule has 10 nitrogen and oxygen atoms in total. The molecule has 4 rings (SSSR count). The van der Waals surface area contributed by atoms with Crippen LogP contribution in [0.5, 0.6) is 0 Å². The topological polar surface area (TPSA) is 109 Å².